The van der Waals surface area contributed by atoms with Gasteiger partial charge in [-0.25, -0.2) is 4.85 Å². The maximum Gasteiger partial charge on any atom is 0.202 e. The SMILES string of the molecule is [C-]#[N+]c1c2ccccc2c(-c2c3ccccc3c(-c3ccc4c5ccc(C#N)cc5n(-c5ccc6ccccc6c5)c4c3)c3ccccc23)c2ccccc12. The van der Waals surface area contributed by atoms with Crippen molar-refractivity contribution < 1.29 is 0 Å². The van der Waals surface area contributed by atoms with Crippen molar-refractivity contribution in [1.29, 1.82) is 5.26 Å². The first kappa shape index (κ1) is 30.9. The lowest BCUT2D eigenvalue weighted by atomic mass is 9.82. The molecule has 0 aliphatic carbocycles. The van der Waals surface area contributed by atoms with E-state index in [0.717, 1.165) is 81.7 Å². The summed E-state index contributed by atoms with van der Waals surface area (Å²) in [6.45, 7) is 8.20. The summed E-state index contributed by atoms with van der Waals surface area (Å²) in [5.41, 5.74) is 9.09. The van der Waals surface area contributed by atoms with Crippen molar-refractivity contribution in [2.45, 2.75) is 0 Å². The van der Waals surface area contributed by atoms with Crippen LogP contribution >= 0.6 is 0 Å². The molecule has 0 saturated carbocycles. The minimum atomic E-state index is 0.634. The number of fused-ring (bicyclic) bond motifs is 8. The molecule has 10 aromatic carbocycles. The van der Waals surface area contributed by atoms with Crippen LogP contribution in [0, 0.1) is 17.9 Å². The van der Waals surface area contributed by atoms with E-state index in [2.05, 4.69) is 167 Å². The molecule has 11 aromatic rings. The van der Waals surface area contributed by atoms with Gasteiger partial charge in [0.15, 0.2) is 0 Å². The molecule has 0 aliphatic heterocycles. The Morgan fingerprint density at radius 1 is 0.418 bits per heavy atom. The van der Waals surface area contributed by atoms with E-state index in [1.54, 1.807) is 0 Å². The van der Waals surface area contributed by atoms with E-state index >= 15 is 0 Å². The van der Waals surface area contributed by atoms with Gasteiger partial charge in [0.1, 0.15) is 0 Å². The Morgan fingerprint density at radius 3 is 1.45 bits per heavy atom. The summed E-state index contributed by atoms with van der Waals surface area (Å²) in [7, 11) is 0. The van der Waals surface area contributed by atoms with E-state index < -0.39 is 0 Å². The van der Waals surface area contributed by atoms with Gasteiger partial charge in [0.2, 0.25) is 5.69 Å². The number of hydrogen-bond donors (Lipinski definition) is 0. The third-order valence-electron chi connectivity index (χ3n) is 11.4. The number of benzene rings is 10. The minimum absolute atomic E-state index is 0.634. The van der Waals surface area contributed by atoms with Crippen LogP contribution < -0.4 is 0 Å². The van der Waals surface area contributed by atoms with E-state index in [1.165, 1.54) is 21.9 Å². The van der Waals surface area contributed by atoms with E-state index in [9.17, 15) is 5.26 Å². The quantitative estimate of drug-likeness (QED) is 0.134. The van der Waals surface area contributed by atoms with E-state index in [-0.39, 0.29) is 0 Å². The molecular formula is C52H29N3. The monoisotopic (exact) mass is 695 g/mol. The van der Waals surface area contributed by atoms with Crippen molar-refractivity contribution in [2.24, 2.45) is 0 Å². The second kappa shape index (κ2) is 11.9. The Hall–Kier alpha value is -7.72. The van der Waals surface area contributed by atoms with E-state index in [4.69, 9.17) is 6.57 Å². The Bertz CT molecular complexity index is 3400. The number of aromatic nitrogens is 1. The summed E-state index contributed by atoms with van der Waals surface area (Å²) in [6.07, 6.45) is 0. The molecule has 0 spiro atoms. The molecule has 252 valence electrons. The number of hydrogen-bond acceptors (Lipinski definition) is 1. The van der Waals surface area contributed by atoms with Gasteiger partial charge in [0.05, 0.1) is 29.2 Å². The predicted octanol–water partition coefficient (Wildman–Crippen LogP) is 14.3. The highest BCUT2D eigenvalue weighted by Crippen LogP contribution is 2.50. The lowest BCUT2D eigenvalue weighted by Gasteiger charge is -2.21. The van der Waals surface area contributed by atoms with Crippen LogP contribution in [0.2, 0.25) is 0 Å². The Balaban J connectivity index is 1.26. The molecule has 3 heteroatoms. The van der Waals surface area contributed by atoms with Crippen molar-refractivity contribution in [2.75, 3.05) is 0 Å². The first-order chi connectivity index (χ1) is 27.2. The lowest BCUT2D eigenvalue weighted by Crippen LogP contribution is -1.95. The predicted molar refractivity (Wildman–Crippen MR) is 230 cm³/mol. The zero-order valence-electron chi connectivity index (χ0n) is 29.6. The van der Waals surface area contributed by atoms with Gasteiger partial charge in [-0.05, 0) is 106 Å². The molecule has 0 radical (unpaired) electrons. The largest absolute Gasteiger partial charge is 0.309 e. The second-order valence-corrected chi connectivity index (χ2v) is 14.2. The fourth-order valence-corrected chi connectivity index (χ4v) is 9.04. The van der Waals surface area contributed by atoms with Crippen LogP contribution in [0.5, 0.6) is 0 Å². The van der Waals surface area contributed by atoms with Crippen LogP contribution in [-0.4, -0.2) is 4.57 Å². The standard InChI is InChI=1S/C52H29N3/c1-54-52-45-20-10-8-18-43(45)51(44-19-9-11-21-46(44)52)50-41-16-6-4-14-39(41)49(40-15-5-7-17-42(40)50)35-24-27-38-37-26-22-32(31-53)28-47(37)55(48(38)30-35)36-25-23-33-12-2-3-13-34(33)29-36/h2-30H. The van der Waals surface area contributed by atoms with Crippen molar-refractivity contribution in [1.82, 2.24) is 4.57 Å². The minimum Gasteiger partial charge on any atom is -0.309 e. The van der Waals surface area contributed by atoms with Gasteiger partial charge in [-0.2, -0.15) is 5.26 Å². The molecule has 0 amide bonds. The zero-order valence-corrected chi connectivity index (χ0v) is 29.6. The fourth-order valence-electron chi connectivity index (χ4n) is 9.04. The molecule has 0 saturated heterocycles. The van der Waals surface area contributed by atoms with Crippen molar-refractivity contribution in [3.63, 3.8) is 0 Å². The molecule has 1 aromatic heterocycles. The van der Waals surface area contributed by atoms with Crippen LogP contribution in [-0.2, 0) is 0 Å². The lowest BCUT2D eigenvalue weighted by molar-refractivity contribution is 1.18. The third kappa shape index (κ3) is 4.48. The molecule has 3 nitrogen and oxygen atoms in total. The summed E-state index contributed by atoms with van der Waals surface area (Å²) < 4.78 is 2.32. The van der Waals surface area contributed by atoms with Crippen LogP contribution in [0.15, 0.2) is 176 Å². The van der Waals surface area contributed by atoms with Crippen LogP contribution in [0.3, 0.4) is 0 Å². The third-order valence-corrected chi connectivity index (χ3v) is 11.4. The maximum atomic E-state index is 9.94. The highest BCUT2D eigenvalue weighted by molar-refractivity contribution is 6.30. The van der Waals surface area contributed by atoms with Crippen LogP contribution in [0.25, 0.3) is 108 Å². The highest BCUT2D eigenvalue weighted by Gasteiger charge is 2.22. The maximum absolute atomic E-state index is 9.94. The number of nitriles is 1. The summed E-state index contributed by atoms with van der Waals surface area (Å²) >= 11 is 0. The normalized spacial score (nSPS) is 11.6. The fraction of sp³-hybridized carbons (Fsp3) is 0. The molecule has 0 unspecified atom stereocenters. The highest BCUT2D eigenvalue weighted by atomic mass is 15.0. The first-order valence-electron chi connectivity index (χ1n) is 18.4. The molecule has 11 rings (SSSR count). The molecule has 0 bridgehead atoms. The average molecular weight is 696 g/mol. The van der Waals surface area contributed by atoms with Crippen molar-refractivity contribution in [3.8, 4) is 34.0 Å². The topological polar surface area (TPSA) is 33.1 Å². The molecule has 0 N–H and O–H groups in total. The number of nitrogens with zero attached hydrogens (tertiary/aromatic N) is 3. The van der Waals surface area contributed by atoms with Crippen LogP contribution in [0.4, 0.5) is 5.69 Å². The van der Waals surface area contributed by atoms with Gasteiger partial charge >= 0.3 is 0 Å². The first-order valence-corrected chi connectivity index (χ1v) is 18.4. The van der Waals surface area contributed by atoms with Crippen molar-refractivity contribution >= 4 is 81.4 Å². The summed E-state index contributed by atoms with van der Waals surface area (Å²) in [6, 6.07) is 64.5. The van der Waals surface area contributed by atoms with Gasteiger partial charge in [0, 0.05) is 16.5 Å². The van der Waals surface area contributed by atoms with Gasteiger partial charge in [0.25, 0.3) is 0 Å². The Kier molecular flexibility index (Phi) is 6.68. The molecule has 1 heterocycles. The van der Waals surface area contributed by atoms with Crippen LogP contribution in [0.1, 0.15) is 5.56 Å². The molecule has 0 aliphatic rings. The van der Waals surface area contributed by atoms with E-state index in [0.29, 0.717) is 11.3 Å². The summed E-state index contributed by atoms with van der Waals surface area (Å²) in [5, 5.41) is 23.3. The summed E-state index contributed by atoms with van der Waals surface area (Å²) in [5.74, 6) is 0. The zero-order chi connectivity index (χ0) is 36.6. The van der Waals surface area contributed by atoms with Crippen molar-refractivity contribution in [3.05, 3.63) is 193 Å². The van der Waals surface area contributed by atoms with Gasteiger partial charge in [-0.15, -0.1) is 0 Å². The average Bonchev–Trinajstić information content (AvgIpc) is 3.57. The second-order valence-electron chi connectivity index (χ2n) is 14.2. The van der Waals surface area contributed by atoms with E-state index in [1.807, 2.05) is 24.3 Å². The van der Waals surface area contributed by atoms with Gasteiger partial charge < -0.3 is 4.57 Å². The molecule has 0 atom stereocenters. The molecule has 0 fully saturated rings. The Labute approximate surface area is 317 Å². The van der Waals surface area contributed by atoms with Gasteiger partial charge in [-0.1, -0.05) is 146 Å². The Morgan fingerprint density at radius 2 is 0.891 bits per heavy atom. The smallest absolute Gasteiger partial charge is 0.202 e. The number of rotatable bonds is 3. The molecule has 55 heavy (non-hydrogen) atoms. The summed E-state index contributed by atoms with van der Waals surface area (Å²) in [4.78, 5) is 4.07. The van der Waals surface area contributed by atoms with Gasteiger partial charge in [-0.3, -0.25) is 0 Å². The molecular weight excluding hydrogens is 667 g/mol.